The van der Waals surface area contributed by atoms with Crippen LogP contribution in [0.3, 0.4) is 0 Å². The number of nitrogens with zero attached hydrogens (tertiary/aromatic N) is 3. The van der Waals surface area contributed by atoms with Gasteiger partial charge in [0, 0.05) is 45.1 Å². The van der Waals surface area contributed by atoms with Crippen LogP contribution in [0.25, 0.3) is 0 Å². The summed E-state index contributed by atoms with van der Waals surface area (Å²) in [5.41, 5.74) is 3.17. The molecule has 0 aliphatic heterocycles. The van der Waals surface area contributed by atoms with Gasteiger partial charge in [0.1, 0.15) is 0 Å². The number of nitrogens with one attached hydrogen (secondary N) is 1. The summed E-state index contributed by atoms with van der Waals surface area (Å²) in [6.45, 7) is 0.742. The molecule has 0 atom stereocenters. The third kappa shape index (κ3) is 2.96. The summed E-state index contributed by atoms with van der Waals surface area (Å²) in [6, 6.07) is 5.97. The van der Waals surface area contributed by atoms with E-state index in [2.05, 4.69) is 10.4 Å². The predicted molar refractivity (Wildman–Crippen MR) is 76.3 cm³/mol. The minimum absolute atomic E-state index is 0.742. The fourth-order valence-corrected chi connectivity index (χ4v) is 2.10. The maximum atomic E-state index is 6.21. The van der Waals surface area contributed by atoms with Crippen LogP contribution in [0, 0.1) is 0 Å². The van der Waals surface area contributed by atoms with Crippen LogP contribution in [0.5, 0.6) is 0 Å². The Bertz CT molecular complexity index is 534. The second-order valence-electron chi connectivity index (χ2n) is 4.44. The van der Waals surface area contributed by atoms with E-state index < -0.39 is 0 Å². The van der Waals surface area contributed by atoms with Crippen molar-refractivity contribution in [2.75, 3.05) is 24.3 Å². The number of anilines is 2. The van der Waals surface area contributed by atoms with Gasteiger partial charge in [-0.05, 0) is 18.2 Å². The van der Waals surface area contributed by atoms with Crippen molar-refractivity contribution in [1.29, 1.82) is 0 Å². The molecule has 0 fully saturated rings. The van der Waals surface area contributed by atoms with Gasteiger partial charge >= 0.3 is 0 Å². The molecule has 0 unspecified atom stereocenters. The predicted octanol–water partition coefficient (Wildman–Crippen LogP) is 2.75. The largest absolute Gasteiger partial charge is 0.381 e. The third-order valence-electron chi connectivity index (χ3n) is 2.68. The summed E-state index contributed by atoms with van der Waals surface area (Å²) < 4.78 is 1.79. The van der Waals surface area contributed by atoms with E-state index in [9.17, 15) is 0 Å². The van der Waals surface area contributed by atoms with Gasteiger partial charge in [0.2, 0.25) is 0 Å². The van der Waals surface area contributed by atoms with Gasteiger partial charge in [0.05, 0.1) is 16.9 Å². The Hall–Kier alpha value is -1.68. The monoisotopic (exact) mass is 264 g/mol. The van der Waals surface area contributed by atoms with Gasteiger partial charge in [0.15, 0.2) is 0 Å². The van der Waals surface area contributed by atoms with E-state index in [1.54, 1.807) is 4.68 Å². The highest BCUT2D eigenvalue weighted by atomic mass is 35.5. The first-order valence-electron chi connectivity index (χ1n) is 5.74. The molecule has 0 spiro atoms. The standard InChI is InChI=1S/C13H17ClN4/c1-17(2)13-5-4-11(6-12(13)14)15-7-10-8-16-18(3)9-10/h4-6,8-9,15H,7H2,1-3H3. The van der Waals surface area contributed by atoms with Crippen molar-refractivity contribution >= 4 is 23.0 Å². The molecule has 5 heteroatoms. The number of hydrogen-bond acceptors (Lipinski definition) is 3. The van der Waals surface area contributed by atoms with E-state index in [0.29, 0.717) is 0 Å². The van der Waals surface area contributed by atoms with Crippen LogP contribution in [-0.4, -0.2) is 23.9 Å². The second kappa shape index (κ2) is 5.31. The fourth-order valence-electron chi connectivity index (χ4n) is 1.75. The molecule has 1 N–H and O–H groups in total. The average molecular weight is 265 g/mol. The van der Waals surface area contributed by atoms with E-state index in [4.69, 9.17) is 11.6 Å². The van der Waals surface area contributed by atoms with Crippen molar-refractivity contribution in [3.8, 4) is 0 Å². The molecule has 0 amide bonds. The SMILES string of the molecule is CN(C)c1ccc(NCc2cnn(C)c2)cc1Cl. The van der Waals surface area contributed by atoms with Gasteiger partial charge in [-0.1, -0.05) is 11.6 Å². The summed E-state index contributed by atoms with van der Waals surface area (Å²) in [5, 5.41) is 8.20. The number of benzene rings is 1. The molecular formula is C13H17ClN4. The highest BCUT2D eigenvalue weighted by Gasteiger charge is 2.03. The number of aromatic nitrogens is 2. The van der Waals surface area contributed by atoms with Gasteiger partial charge in [-0.3, -0.25) is 4.68 Å². The molecule has 1 aromatic heterocycles. The average Bonchev–Trinajstić information content (AvgIpc) is 2.72. The van der Waals surface area contributed by atoms with E-state index in [0.717, 1.165) is 28.5 Å². The quantitative estimate of drug-likeness (QED) is 0.922. The highest BCUT2D eigenvalue weighted by molar-refractivity contribution is 6.33. The van der Waals surface area contributed by atoms with Crippen LogP contribution in [0.1, 0.15) is 5.56 Å². The van der Waals surface area contributed by atoms with Gasteiger partial charge in [-0.25, -0.2) is 0 Å². The van der Waals surface area contributed by atoms with E-state index in [1.807, 2.05) is 56.6 Å². The molecule has 1 heterocycles. The lowest BCUT2D eigenvalue weighted by Gasteiger charge is -2.15. The summed E-state index contributed by atoms with van der Waals surface area (Å²) in [4.78, 5) is 1.99. The zero-order valence-corrected chi connectivity index (χ0v) is 11.6. The minimum atomic E-state index is 0.742. The molecule has 4 nitrogen and oxygen atoms in total. The lowest BCUT2D eigenvalue weighted by molar-refractivity contribution is 0.767. The molecular weight excluding hydrogens is 248 g/mol. The summed E-state index contributed by atoms with van der Waals surface area (Å²) in [6.07, 6.45) is 3.84. The molecule has 1 aromatic carbocycles. The van der Waals surface area contributed by atoms with Crippen molar-refractivity contribution in [2.45, 2.75) is 6.54 Å². The summed E-state index contributed by atoms with van der Waals surface area (Å²) in [5.74, 6) is 0. The lowest BCUT2D eigenvalue weighted by Crippen LogP contribution is -2.09. The van der Waals surface area contributed by atoms with Crippen molar-refractivity contribution in [1.82, 2.24) is 9.78 Å². The maximum Gasteiger partial charge on any atom is 0.0659 e. The molecule has 0 aliphatic rings. The summed E-state index contributed by atoms with van der Waals surface area (Å²) in [7, 11) is 5.86. The Morgan fingerprint density at radius 3 is 2.72 bits per heavy atom. The minimum Gasteiger partial charge on any atom is -0.381 e. The zero-order chi connectivity index (χ0) is 13.1. The molecule has 0 radical (unpaired) electrons. The molecule has 2 aromatic rings. The summed E-state index contributed by atoms with van der Waals surface area (Å²) >= 11 is 6.21. The van der Waals surface area contributed by atoms with Crippen molar-refractivity contribution in [3.05, 3.63) is 41.2 Å². The van der Waals surface area contributed by atoms with Gasteiger partial charge in [0.25, 0.3) is 0 Å². The van der Waals surface area contributed by atoms with Crippen molar-refractivity contribution < 1.29 is 0 Å². The van der Waals surface area contributed by atoms with Crippen LogP contribution in [-0.2, 0) is 13.6 Å². The normalized spacial score (nSPS) is 10.4. The van der Waals surface area contributed by atoms with Crippen LogP contribution in [0.2, 0.25) is 5.02 Å². The molecule has 0 saturated heterocycles. The topological polar surface area (TPSA) is 33.1 Å². The molecule has 0 aliphatic carbocycles. The second-order valence-corrected chi connectivity index (χ2v) is 4.84. The number of hydrogen-bond donors (Lipinski definition) is 1. The number of rotatable bonds is 4. The lowest BCUT2D eigenvalue weighted by atomic mass is 10.2. The zero-order valence-electron chi connectivity index (χ0n) is 10.8. The van der Waals surface area contributed by atoms with E-state index >= 15 is 0 Å². The van der Waals surface area contributed by atoms with Crippen molar-refractivity contribution in [2.24, 2.45) is 7.05 Å². The molecule has 0 bridgehead atoms. The van der Waals surface area contributed by atoms with E-state index in [-0.39, 0.29) is 0 Å². The first-order valence-corrected chi connectivity index (χ1v) is 6.12. The Morgan fingerprint density at radius 2 is 2.17 bits per heavy atom. The maximum absolute atomic E-state index is 6.21. The van der Waals surface area contributed by atoms with Gasteiger partial charge in [-0.2, -0.15) is 5.10 Å². The van der Waals surface area contributed by atoms with Crippen LogP contribution in [0.4, 0.5) is 11.4 Å². The highest BCUT2D eigenvalue weighted by Crippen LogP contribution is 2.27. The Balaban J connectivity index is 2.04. The first kappa shape index (κ1) is 12.8. The van der Waals surface area contributed by atoms with Gasteiger partial charge < -0.3 is 10.2 Å². The van der Waals surface area contributed by atoms with E-state index in [1.165, 1.54) is 0 Å². The number of halogens is 1. The van der Waals surface area contributed by atoms with Crippen LogP contribution in [0.15, 0.2) is 30.6 Å². The first-order chi connectivity index (χ1) is 8.56. The molecule has 2 rings (SSSR count). The smallest absolute Gasteiger partial charge is 0.0659 e. The molecule has 96 valence electrons. The Kier molecular flexibility index (Phi) is 3.77. The van der Waals surface area contributed by atoms with Crippen molar-refractivity contribution in [3.63, 3.8) is 0 Å². The molecule has 0 saturated carbocycles. The fraction of sp³-hybridized carbons (Fsp3) is 0.308. The van der Waals surface area contributed by atoms with Crippen LogP contribution >= 0.6 is 11.6 Å². The Morgan fingerprint density at radius 1 is 1.39 bits per heavy atom. The van der Waals surface area contributed by atoms with Gasteiger partial charge in [-0.15, -0.1) is 0 Å². The molecule has 18 heavy (non-hydrogen) atoms. The third-order valence-corrected chi connectivity index (χ3v) is 2.99. The number of aryl methyl sites for hydroxylation is 1. The Labute approximate surface area is 112 Å². The van der Waals surface area contributed by atoms with Crippen LogP contribution < -0.4 is 10.2 Å².